The minimum Gasteiger partial charge on any atom is -0.508 e. The van der Waals surface area contributed by atoms with Gasteiger partial charge in [0.2, 0.25) is 47.3 Å². The van der Waals surface area contributed by atoms with E-state index in [9.17, 15) is 48.3 Å². The zero-order valence-corrected chi connectivity index (χ0v) is 45.5. The summed E-state index contributed by atoms with van der Waals surface area (Å²) < 4.78 is 0. The van der Waals surface area contributed by atoms with Gasteiger partial charge in [0, 0.05) is 25.8 Å². The van der Waals surface area contributed by atoms with Crippen molar-refractivity contribution in [2.45, 2.75) is 126 Å². The predicted molar refractivity (Wildman–Crippen MR) is 305 cm³/mol. The van der Waals surface area contributed by atoms with Gasteiger partial charge in [-0.3, -0.25) is 53.5 Å². The Morgan fingerprint density at radius 1 is 0.580 bits per heavy atom. The molecule has 436 valence electrons. The number of Topliss-reactive ketones (excluding diaryl/α,β-unsaturated/α-hetero) is 1. The lowest BCUT2D eigenvalue weighted by atomic mass is 10.00. The summed E-state index contributed by atoms with van der Waals surface area (Å²) in [4.78, 5) is 131. The number of guanidine groups is 1. The molecule has 0 unspecified atom stereocenters. The first-order valence-corrected chi connectivity index (χ1v) is 27.3. The van der Waals surface area contributed by atoms with Crippen molar-refractivity contribution in [3.8, 4) is 5.75 Å². The number of unbranched alkanes of at least 4 members (excludes halogenated alkanes) is 2. The maximum Gasteiger partial charge on any atom is 0.243 e. The molecular formula is C57H78N14O10. The summed E-state index contributed by atoms with van der Waals surface area (Å²) in [6.07, 6.45) is 1.27. The average molecular weight is 1120 g/mol. The topological polar surface area (TPSA) is 413 Å². The monoisotopic (exact) mass is 1120 g/mol. The fraction of sp³-hybridized carbons (Fsp3) is 0.439. The van der Waals surface area contributed by atoms with E-state index in [-0.39, 0.29) is 82.6 Å². The molecule has 0 aromatic heterocycles. The van der Waals surface area contributed by atoms with Crippen LogP contribution in [0.15, 0.2) is 102 Å². The van der Waals surface area contributed by atoms with Crippen LogP contribution in [-0.2, 0) is 62.4 Å². The van der Waals surface area contributed by atoms with Crippen molar-refractivity contribution in [2.75, 3.05) is 32.7 Å². The second-order valence-electron chi connectivity index (χ2n) is 20.0. The molecule has 1 aliphatic heterocycles. The number of carbonyl (C=O) groups excluding carboxylic acids is 9. The van der Waals surface area contributed by atoms with Crippen LogP contribution in [0.3, 0.4) is 0 Å². The number of ketones is 1. The maximum absolute atomic E-state index is 14.7. The number of phenolic OH excluding ortho intramolecular Hbond substituents is 1. The summed E-state index contributed by atoms with van der Waals surface area (Å²) in [6.45, 7) is -0.489. The molecule has 7 atom stereocenters. The summed E-state index contributed by atoms with van der Waals surface area (Å²) in [7, 11) is 0. The van der Waals surface area contributed by atoms with E-state index < -0.39 is 108 Å². The third-order valence-electron chi connectivity index (χ3n) is 13.6. The molecule has 1 saturated heterocycles. The molecule has 1 fully saturated rings. The second-order valence-corrected chi connectivity index (χ2v) is 20.0. The molecule has 0 aliphatic carbocycles. The van der Waals surface area contributed by atoms with E-state index in [1.54, 1.807) is 48.5 Å². The molecular weight excluding hydrogens is 1040 g/mol. The summed E-state index contributed by atoms with van der Waals surface area (Å²) in [5, 5.41) is 33.7. The Balaban J connectivity index is 1.56. The van der Waals surface area contributed by atoms with Crippen LogP contribution in [0.5, 0.6) is 5.75 Å². The van der Waals surface area contributed by atoms with E-state index in [4.69, 9.17) is 28.7 Å². The molecule has 19 N–H and O–H groups in total. The summed E-state index contributed by atoms with van der Waals surface area (Å²) in [5.41, 5.74) is 30.2. The number of benzene rings is 4. The first-order chi connectivity index (χ1) is 38.9. The molecule has 5 rings (SSSR count). The van der Waals surface area contributed by atoms with E-state index in [1.165, 1.54) is 12.1 Å². The lowest BCUT2D eigenvalue weighted by molar-refractivity contribution is -0.135. The number of rotatable bonds is 21. The van der Waals surface area contributed by atoms with E-state index in [2.05, 4.69) is 47.5 Å². The third kappa shape index (κ3) is 21.9. The zero-order valence-electron chi connectivity index (χ0n) is 45.5. The number of nitrogens with two attached hydrogens (primary N) is 5. The minimum atomic E-state index is -1.45. The molecule has 81 heavy (non-hydrogen) atoms. The summed E-state index contributed by atoms with van der Waals surface area (Å²) in [6, 6.07) is 18.7. The van der Waals surface area contributed by atoms with Gasteiger partial charge in [-0.2, -0.15) is 0 Å². The number of hydrogen-bond acceptors (Lipinski definition) is 14. The number of primary amides is 1. The van der Waals surface area contributed by atoms with E-state index in [0.29, 0.717) is 48.9 Å². The van der Waals surface area contributed by atoms with Crippen LogP contribution < -0.4 is 71.2 Å². The highest BCUT2D eigenvalue weighted by Gasteiger charge is 2.34. The standard InChI is InChI=1S/C57H78N14O10/c58-26-8-6-15-42(50(60)75)67-54(79)45-25-24-41(73)33-64-46(30-35-11-2-1-3-12-35)55(80)71-48(31-36-19-22-40(72)23-20-36)56(81)69-43(16-7-9-27-59)52(77)68-44(17-10-28-63-57(61)62)53(78)70-47(51(76)65-34-49(74)66-45)32-37-18-21-38-13-4-5-14-39(38)29-37/h1-5,11-14,18-23,29,42-48,64,72H,6-10,15-17,24-28,30-34,58-59H2,(H2,60,75)(H,65,76)(H,66,74)(H,67,79)(H,68,77)(H,69,81)(H,70,78)(H,71,80)(H4,61,62,63)/t42-,43-,44+,45+,46-,47-,48-/m0/s1. The largest absolute Gasteiger partial charge is 0.508 e. The Labute approximate surface area is 470 Å². The SMILES string of the molecule is NCCCC[C@H](NC(=O)[C@H]1CCC(=O)CN[C@@H](Cc2ccccc2)C(=O)N[C@@H](Cc2ccc(O)cc2)C(=O)N[C@@H](CCCCN)C(=O)N[C@H](CCCN=C(N)N)C(=O)N[C@@H](Cc2ccc3ccccc3c2)C(=O)NCC(=O)N1)C(N)=O. The smallest absolute Gasteiger partial charge is 0.243 e. The number of aliphatic imine (C=N–C) groups is 1. The van der Waals surface area contributed by atoms with E-state index in [0.717, 1.165) is 10.8 Å². The number of nitrogens with zero attached hydrogens (tertiary/aromatic N) is 1. The zero-order chi connectivity index (χ0) is 58.7. The highest BCUT2D eigenvalue weighted by molar-refractivity contribution is 5.98. The number of phenols is 1. The first-order valence-electron chi connectivity index (χ1n) is 27.3. The van der Waals surface area contributed by atoms with Crippen molar-refractivity contribution in [1.82, 2.24) is 42.5 Å². The third-order valence-corrected chi connectivity index (χ3v) is 13.6. The van der Waals surface area contributed by atoms with Gasteiger partial charge in [0.1, 0.15) is 47.8 Å². The van der Waals surface area contributed by atoms with E-state index >= 15 is 0 Å². The van der Waals surface area contributed by atoms with Gasteiger partial charge < -0.3 is 71.0 Å². The molecule has 4 aromatic rings. The fourth-order valence-corrected chi connectivity index (χ4v) is 9.10. The molecule has 0 saturated carbocycles. The van der Waals surface area contributed by atoms with Gasteiger partial charge in [0.05, 0.1) is 19.1 Å². The van der Waals surface area contributed by atoms with E-state index in [1.807, 2.05) is 36.4 Å². The highest BCUT2D eigenvalue weighted by Crippen LogP contribution is 2.18. The van der Waals surface area contributed by atoms with Crippen LogP contribution in [0.4, 0.5) is 0 Å². The Hall–Kier alpha value is -8.48. The van der Waals surface area contributed by atoms with Crippen molar-refractivity contribution < 1.29 is 48.3 Å². The second kappa shape index (κ2) is 33.2. The number of amides is 8. The lowest BCUT2D eigenvalue weighted by Crippen LogP contribution is -2.60. The van der Waals surface area contributed by atoms with Gasteiger partial charge in [0.15, 0.2) is 5.96 Å². The molecule has 4 aromatic carbocycles. The molecule has 0 radical (unpaired) electrons. The van der Waals surface area contributed by atoms with Crippen LogP contribution in [-0.4, -0.2) is 139 Å². The number of carbonyl (C=O) groups is 9. The number of fused-ring (bicyclic) bond motifs is 1. The normalized spacial score (nSPS) is 20.7. The molecule has 1 heterocycles. The summed E-state index contributed by atoms with van der Waals surface area (Å²) in [5.74, 6) is -7.18. The fourth-order valence-electron chi connectivity index (χ4n) is 9.10. The minimum absolute atomic E-state index is 0.0405. The van der Waals surface area contributed by atoms with Crippen LogP contribution in [0.1, 0.15) is 80.9 Å². The van der Waals surface area contributed by atoms with Gasteiger partial charge in [-0.25, -0.2) is 0 Å². The van der Waals surface area contributed by atoms with Gasteiger partial charge in [-0.1, -0.05) is 84.9 Å². The van der Waals surface area contributed by atoms with Crippen molar-refractivity contribution in [3.05, 3.63) is 114 Å². The van der Waals surface area contributed by atoms with Gasteiger partial charge in [0.25, 0.3) is 0 Å². The Morgan fingerprint density at radius 2 is 1.12 bits per heavy atom. The van der Waals surface area contributed by atoms with Crippen molar-refractivity contribution in [3.63, 3.8) is 0 Å². The Kier molecular flexibility index (Phi) is 26.0. The first kappa shape index (κ1) is 63.4. The quantitative estimate of drug-likeness (QED) is 0.0263. The van der Waals surface area contributed by atoms with Crippen molar-refractivity contribution in [1.29, 1.82) is 0 Å². The van der Waals surface area contributed by atoms with Crippen molar-refractivity contribution >= 4 is 69.8 Å². The van der Waals surface area contributed by atoms with Crippen LogP contribution in [0, 0.1) is 0 Å². The molecule has 8 amide bonds. The average Bonchev–Trinajstić information content (AvgIpc) is 3.49. The molecule has 1 aliphatic rings. The predicted octanol–water partition coefficient (Wildman–Crippen LogP) is -1.28. The van der Waals surface area contributed by atoms with Crippen LogP contribution in [0.2, 0.25) is 0 Å². The van der Waals surface area contributed by atoms with Gasteiger partial charge in [-0.15, -0.1) is 0 Å². The maximum atomic E-state index is 14.7. The Bertz CT molecular complexity index is 2800. The van der Waals surface area contributed by atoms with Crippen molar-refractivity contribution in [2.24, 2.45) is 33.7 Å². The molecule has 24 nitrogen and oxygen atoms in total. The number of nitrogens with one attached hydrogen (secondary N) is 8. The highest BCUT2D eigenvalue weighted by atomic mass is 16.3. The Morgan fingerprint density at radius 3 is 1.78 bits per heavy atom. The number of hydrogen-bond donors (Lipinski definition) is 14. The lowest BCUT2D eigenvalue weighted by Gasteiger charge is -2.28. The van der Waals surface area contributed by atoms with Gasteiger partial charge in [-0.05, 0) is 117 Å². The van der Waals surface area contributed by atoms with Gasteiger partial charge >= 0.3 is 0 Å². The molecule has 0 spiro atoms. The summed E-state index contributed by atoms with van der Waals surface area (Å²) >= 11 is 0. The molecule has 0 bridgehead atoms. The molecule has 24 heteroatoms. The number of aromatic hydroxyl groups is 1. The van der Waals surface area contributed by atoms with Crippen LogP contribution in [0.25, 0.3) is 10.8 Å². The van der Waals surface area contributed by atoms with Crippen LogP contribution >= 0.6 is 0 Å².